The van der Waals surface area contributed by atoms with E-state index in [1.807, 2.05) is 0 Å². The topological polar surface area (TPSA) is 26.3 Å². The number of esters is 1. The lowest BCUT2D eigenvalue weighted by Gasteiger charge is -2.04. The Morgan fingerprint density at radius 2 is 1.08 bits per heavy atom. The van der Waals surface area contributed by atoms with Gasteiger partial charge in [0, 0.05) is 0 Å². The molecule has 0 spiro atoms. The molecule has 0 aliphatic carbocycles. The number of hydrogen-bond acceptors (Lipinski definition) is 2. The smallest absolute Gasteiger partial charge is 0.349 e. The van der Waals surface area contributed by atoms with Crippen molar-refractivity contribution in [3.8, 4) is 0 Å². The Bertz CT molecular complexity index is 326. The number of carbonyl (C=O) groups is 1. The van der Waals surface area contributed by atoms with Gasteiger partial charge in [-0.15, -0.1) is 0 Å². The predicted molar refractivity (Wildman–Crippen MR) is 110 cm³/mol. The molecule has 0 amide bonds. The highest BCUT2D eigenvalue weighted by atomic mass is 35.5. The summed E-state index contributed by atoms with van der Waals surface area (Å²) in [6, 6.07) is 0. The predicted octanol–water partition coefficient (Wildman–Crippen LogP) is 7.93. The summed E-state index contributed by atoms with van der Waals surface area (Å²) in [5.41, 5.74) is 0. The molecule has 0 aromatic heterocycles. The SMILES string of the molecule is C/C=C(\Cl)C(=O)OCCCCCCCCCCCCCCCCCC. The first-order valence-corrected chi connectivity index (χ1v) is 11.1. The lowest BCUT2D eigenvalue weighted by molar-refractivity contribution is -0.138. The second kappa shape index (κ2) is 19.8. The number of halogens is 1. The minimum Gasteiger partial charge on any atom is -0.461 e. The van der Waals surface area contributed by atoms with E-state index in [2.05, 4.69) is 6.92 Å². The maximum Gasteiger partial charge on any atom is 0.349 e. The van der Waals surface area contributed by atoms with E-state index in [9.17, 15) is 4.79 Å². The first-order valence-electron chi connectivity index (χ1n) is 10.7. The molecular weight excluding hydrogens is 332 g/mol. The number of rotatable bonds is 18. The number of ether oxygens (including phenoxy) is 1. The highest BCUT2D eigenvalue weighted by molar-refractivity contribution is 6.41. The van der Waals surface area contributed by atoms with Crippen molar-refractivity contribution in [1.29, 1.82) is 0 Å². The normalized spacial score (nSPS) is 11.7. The highest BCUT2D eigenvalue weighted by Crippen LogP contribution is 2.13. The van der Waals surface area contributed by atoms with Gasteiger partial charge < -0.3 is 4.74 Å². The Balaban J connectivity index is 3.11. The van der Waals surface area contributed by atoms with Gasteiger partial charge in [-0.3, -0.25) is 0 Å². The van der Waals surface area contributed by atoms with Crippen molar-refractivity contribution in [2.24, 2.45) is 0 Å². The largest absolute Gasteiger partial charge is 0.461 e. The molecule has 0 atom stereocenters. The van der Waals surface area contributed by atoms with Gasteiger partial charge in [0.2, 0.25) is 0 Å². The number of unbranched alkanes of at least 4 members (excludes halogenated alkanes) is 15. The van der Waals surface area contributed by atoms with Gasteiger partial charge in [0.15, 0.2) is 0 Å². The van der Waals surface area contributed by atoms with E-state index >= 15 is 0 Å². The van der Waals surface area contributed by atoms with Crippen LogP contribution in [0.25, 0.3) is 0 Å². The zero-order chi connectivity index (χ0) is 18.6. The van der Waals surface area contributed by atoms with Gasteiger partial charge in [-0.05, 0) is 13.3 Å². The fourth-order valence-corrected chi connectivity index (χ4v) is 3.06. The van der Waals surface area contributed by atoms with Crippen LogP contribution in [0.5, 0.6) is 0 Å². The number of hydrogen-bond donors (Lipinski definition) is 0. The van der Waals surface area contributed by atoms with Gasteiger partial charge in [-0.1, -0.05) is 121 Å². The van der Waals surface area contributed by atoms with E-state index in [1.54, 1.807) is 13.0 Å². The Morgan fingerprint density at radius 3 is 1.44 bits per heavy atom. The van der Waals surface area contributed by atoms with Crippen LogP contribution in [-0.4, -0.2) is 12.6 Å². The third-order valence-electron chi connectivity index (χ3n) is 4.68. The maximum absolute atomic E-state index is 11.3. The molecule has 0 aromatic rings. The van der Waals surface area contributed by atoms with Crippen LogP contribution in [0, 0.1) is 0 Å². The first-order chi connectivity index (χ1) is 12.2. The summed E-state index contributed by atoms with van der Waals surface area (Å²) in [5, 5.41) is 0.177. The van der Waals surface area contributed by atoms with Crippen LogP contribution in [0.4, 0.5) is 0 Å². The molecule has 0 heterocycles. The number of allylic oxidation sites excluding steroid dienone is 1. The zero-order valence-corrected chi connectivity index (χ0v) is 17.5. The van der Waals surface area contributed by atoms with Gasteiger partial charge in [0.25, 0.3) is 0 Å². The average molecular weight is 373 g/mol. The fourth-order valence-electron chi connectivity index (χ4n) is 3.00. The van der Waals surface area contributed by atoms with Crippen LogP contribution < -0.4 is 0 Å². The lowest BCUT2D eigenvalue weighted by Crippen LogP contribution is -2.05. The average Bonchev–Trinajstić information content (AvgIpc) is 2.63. The molecule has 0 fully saturated rings. The van der Waals surface area contributed by atoms with Crippen LogP contribution in [0.1, 0.15) is 117 Å². The first kappa shape index (κ1) is 24.5. The summed E-state index contributed by atoms with van der Waals surface area (Å²) in [5.74, 6) is -0.398. The summed E-state index contributed by atoms with van der Waals surface area (Å²) in [7, 11) is 0. The molecule has 0 aliphatic rings. The summed E-state index contributed by atoms with van der Waals surface area (Å²) >= 11 is 5.68. The van der Waals surface area contributed by atoms with Crippen molar-refractivity contribution in [2.45, 2.75) is 117 Å². The summed E-state index contributed by atoms with van der Waals surface area (Å²) in [4.78, 5) is 11.3. The molecule has 148 valence electrons. The second-order valence-corrected chi connectivity index (χ2v) is 7.48. The third kappa shape index (κ3) is 18.1. The lowest BCUT2D eigenvalue weighted by atomic mass is 10.0. The second-order valence-electron chi connectivity index (χ2n) is 7.08. The molecular formula is C22H41ClO2. The molecule has 0 aromatic carbocycles. The van der Waals surface area contributed by atoms with Crippen molar-refractivity contribution in [1.82, 2.24) is 0 Å². The molecule has 0 unspecified atom stereocenters. The van der Waals surface area contributed by atoms with Gasteiger partial charge in [-0.25, -0.2) is 4.79 Å². The van der Waals surface area contributed by atoms with Gasteiger partial charge in [0.05, 0.1) is 6.61 Å². The Morgan fingerprint density at radius 1 is 0.720 bits per heavy atom. The monoisotopic (exact) mass is 372 g/mol. The summed E-state index contributed by atoms with van der Waals surface area (Å²) < 4.78 is 5.07. The van der Waals surface area contributed by atoms with E-state index < -0.39 is 5.97 Å². The zero-order valence-electron chi connectivity index (χ0n) is 16.8. The standard InChI is InChI=1S/C22H41ClO2/c1-3-5-6-7-8-9-10-11-12-13-14-15-16-17-18-19-20-25-22(24)21(23)4-2/h4H,3,5-20H2,1-2H3/b21-4-. The van der Waals surface area contributed by atoms with E-state index in [0.29, 0.717) is 6.61 Å². The number of carbonyl (C=O) groups excluding carboxylic acids is 1. The molecule has 0 saturated carbocycles. The minimum atomic E-state index is -0.398. The fraction of sp³-hybridized carbons (Fsp3) is 0.864. The van der Waals surface area contributed by atoms with Crippen LogP contribution in [0.2, 0.25) is 0 Å². The Labute approximate surface area is 161 Å². The molecule has 0 bridgehead atoms. The Hall–Kier alpha value is -0.500. The maximum atomic E-state index is 11.3. The summed E-state index contributed by atoms with van der Waals surface area (Å²) in [6.07, 6.45) is 23.1. The van der Waals surface area contributed by atoms with Crippen LogP contribution >= 0.6 is 11.6 Å². The van der Waals surface area contributed by atoms with Crippen molar-refractivity contribution >= 4 is 17.6 Å². The summed E-state index contributed by atoms with van der Waals surface area (Å²) in [6.45, 7) is 4.50. The van der Waals surface area contributed by atoms with E-state index in [4.69, 9.17) is 16.3 Å². The molecule has 0 N–H and O–H groups in total. The van der Waals surface area contributed by atoms with Crippen LogP contribution in [0.15, 0.2) is 11.1 Å². The molecule has 0 saturated heterocycles. The van der Waals surface area contributed by atoms with Crippen molar-refractivity contribution < 1.29 is 9.53 Å². The molecule has 0 aliphatic heterocycles. The van der Waals surface area contributed by atoms with Gasteiger partial charge in [0.1, 0.15) is 5.03 Å². The quantitative estimate of drug-likeness (QED) is 0.139. The van der Waals surface area contributed by atoms with Gasteiger partial charge >= 0.3 is 5.97 Å². The highest BCUT2D eigenvalue weighted by Gasteiger charge is 2.05. The van der Waals surface area contributed by atoms with E-state index in [-0.39, 0.29) is 5.03 Å². The third-order valence-corrected chi connectivity index (χ3v) is 5.05. The van der Waals surface area contributed by atoms with Crippen molar-refractivity contribution in [3.05, 3.63) is 11.1 Å². The van der Waals surface area contributed by atoms with Crippen molar-refractivity contribution in [2.75, 3.05) is 6.61 Å². The van der Waals surface area contributed by atoms with Crippen LogP contribution in [-0.2, 0) is 9.53 Å². The van der Waals surface area contributed by atoms with Gasteiger partial charge in [-0.2, -0.15) is 0 Å². The molecule has 0 rings (SSSR count). The molecule has 25 heavy (non-hydrogen) atoms. The van der Waals surface area contributed by atoms with Crippen LogP contribution in [0.3, 0.4) is 0 Å². The minimum absolute atomic E-state index is 0.177. The van der Waals surface area contributed by atoms with Crippen molar-refractivity contribution in [3.63, 3.8) is 0 Å². The van der Waals surface area contributed by atoms with E-state index in [0.717, 1.165) is 12.8 Å². The Kier molecular flexibility index (Phi) is 19.4. The molecule has 3 heteroatoms. The van der Waals surface area contributed by atoms with E-state index in [1.165, 1.54) is 89.9 Å². The molecule has 2 nitrogen and oxygen atoms in total. The molecule has 0 radical (unpaired) electrons.